The van der Waals surface area contributed by atoms with Gasteiger partial charge >= 0.3 is 0 Å². The number of aryl methyl sites for hydroxylation is 1. The third-order valence-corrected chi connectivity index (χ3v) is 3.77. The maximum Gasteiger partial charge on any atom is 0.0623 e. The Morgan fingerprint density at radius 1 is 1.53 bits per heavy atom. The molecule has 0 radical (unpaired) electrons. The summed E-state index contributed by atoms with van der Waals surface area (Å²) in [7, 11) is 2.25. The first-order valence-electron chi connectivity index (χ1n) is 5.64. The molecule has 0 bridgehead atoms. The quantitative estimate of drug-likeness (QED) is 0.798. The van der Waals surface area contributed by atoms with E-state index in [1.165, 1.54) is 35.8 Å². The molecule has 1 fully saturated rings. The van der Waals surface area contributed by atoms with Crippen LogP contribution in [0.4, 0.5) is 0 Å². The van der Waals surface area contributed by atoms with Gasteiger partial charge in [-0.2, -0.15) is 5.10 Å². The van der Waals surface area contributed by atoms with E-state index in [0.29, 0.717) is 0 Å². The van der Waals surface area contributed by atoms with Gasteiger partial charge in [0, 0.05) is 18.8 Å². The Kier molecular flexibility index (Phi) is 4.02. The van der Waals surface area contributed by atoms with Crippen molar-refractivity contribution in [1.82, 2.24) is 14.7 Å². The molecule has 1 aromatic rings. The van der Waals surface area contributed by atoms with Crippen molar-refractivity contribution in [2.75, 3.05) is 13.6 Å². The van der Waals surface area contributed by atoms with E-state index < -0.39 is 0 Å². The van der Waals surface area contributed by atoms with Crippen LogP contribution in [-0.2, 0) is 6.54 Å². The van der Waals surface area contributed by atoms with Crippen molar-refractivity contribution in [2.24, 2.45) is 0 Å². The van der Waals surface area contributed by atoms with E-state index in [9.17, 15) is 0 Å². The third-order valence-electron chi connectivity index (χ3n) is 3.21. The highest BCUT2D eigenvalue weighted by Crippen LogP contribution is 2.18. The number of piperidine rings is 1. The van der Waals surface area contributed by atoms with Gasteiger partial charge in [-0.3, -0.25) is 4.68 Å². The van der Waals surface area contributed by atoms with Crippen molar-refractivity contribution in [3.8, 4) is 0 Å². The fraction of sp³-hybridized carbons (Fsp3) is 0.727. The number of likely N-dealkylation sites (tertiary alicyclic amines) is 1. The molecule has 1 unspecified atom stereocenters. The minimum Gasteiger partial charge on any atom is -0.303 e. The lowest BCUT2D eigenvalue weighted by Crippen LogP contribution is -2.36. The normalized spacial score (nSPS) is 23.2. The van der Waals surface area contributed by atoms with Crippen LogP contribution < -0.4 is 0 Å². The molecular weight excluding hydrogens is 301 g/mol. The summed E-state index contributed by atoms with van der Waals surface area (Å²) >= 11 is 2.31. The first-order valence-corrected chi connectivity index (χ1v) is 6.72. The third kappa shape index (κ3) is 3.17. The average Bonchev–Trinajstić information content (AvgIpc) is 2.63. The zero-order valence-electron chi connectivity index (χ0n) is 9.19. The molecule has 0 aromatic carbocycles. The van der Waals surface area contributed by atoms with Gasteiger partial charge in [0.15, 0.2) is 0 Å². The molecule has 1 aliphatic rings. The van der Waals surface area contributed by atoms with Crippen LogP contribution in [0.2, 0.25) is 0 Å². The SMILES string of the molecule is CN1CCCCC1CCn1cc(I)cn1. The van der Waals surface area contributed by atoms with E-state index in [1.54, 1.807) is 0 Å². The smallest absolute Gasteiger partial charge is 0.0623 e. The summed E-state index contributed by atoms with van der Waals surface area (Å²) in [5.74, 6) is 0. The van der Waals surface area contributed by atoms with Crippen LogP contribution in [0.1, 0.15) is 25.7 Å². The fourth-order valence-electron chi connectivity index (χ4n) is 2.25. The standard InChI is InChI=1S/C11H18IN3/c1-14-6-3-2-4-11(14)5-7-15-9-10(12)8-13-15/h8-9,11H,2-7H2,1H3. The van der Waals surface area contributed by atoms with Crippen LogP contribution in [0.5, 0.6) is 0 Å². The summed E-state index contributed by atoms with van der Waals surface area (Å²) in [5.41, 5.74) is 0. The fourth-order valence-corrected chi connectivity index (χ4v) is 2.70. The first kappa shape index (κ1) is 11.4. The lowest BCUT2D eigenvalue weighted by atomic mass is 10.0. The van der Waals surface area contributed by atoms with E-state index in [4.69, 9.17) is 0 Å². The molecule has 0 saturated carbocycles. The van der Waals surface area contributed by atoms with Gasteiger partial charge in [-0.15, -0.1) is 0 Å². The first-order chi connectivity index (χ1) is 7.25. The topological polar surface area (TPSA) is 21.1 Å². The second-order valence-electron chi connectivity index (χ2n) is 4.34. The Morgan fingerprint density at radius 3 is 3.07 bits per heavy atom. The molecule has 15 heavy (non-hydrogen) atoms. The lowest BCUT2D eigenvalue weighted by molar-refractivity contribution is 0.169. The van der Waals surface area contributed by atoms with Gasteiger partial charge in [0.1, 0.15) is 0 Å². The highest BCUT2D eigenvalue weighted by Gasteiger charge is 2.18. The number of rotatable bonds is 3. The molecule has 1 aliphatic heterocycles. The molecule has 4 heteroatoms. The molecule has 3 nitrogen and oxygen atoms in total. The van der Waals surface area contributed by atoms with E-state index >= 15 is 0 Å². The van der Waals surface area contributed by atoms with Crippen LogP contribution in [-0.4, -0.2) is 34.3 Å². The number of hydrogen-bond acceptors (Lipinski definition) is 2. The van der Waals surface area contributed by atoms with Gasteiger partial charge in [0.2, 0.25) is 0 Å². The largest absolute Gasteiger partial charge is 0.303 e. The van der Waals surface area contributed by atoms with Crippen molar-refractivity contribution in [1.29, 1.82) is 0 Å². The number of hydrogen-bond donors (Lipinski definition) is 0. The van der Waals surface area contributed by atoms with Gasteiger partial charge in [0.25, 0.3) is 0 Å². The molecule has 0 N–H and O–H groups in total. The zero-order chi connectivity index (χ0) is 10.7. The summed E-state index contributed by atoms with van der Waals surface area (Å²) in [6.07, 6.45) is 9.38. The van der Waals surface area contributed by atoms with Crippen molar-refractivity contribution in [3.05, 3.63) is 16.0 Å². The summed E-state index contributed by atoms with van der Waals surface area (Å²) in [5, 5.41) is 4.32. The Morgan fingerprint density at radius 2 is 2.40 bits per heavy atom. The molecule has 1 aromatic heterocycles. The summed E-state index contributed by atoms with van der Waals surface area (Å²) in [6.45, 7) is 2.32. The predicted molar refractivity (Wildman–Crippen MR) is 69.8 cm³/mol. The van der Waals surface area contributed by atoms with Crippen molar-refractivity contribution in [3.63, 3.8) is 0 Å². The second-order valence-corrected chi connectivity index (χ2v) is 5.59. The minimum atomic E-state index is 0.764. The lowest BCUT2D eigenvalue weighted by Gasteiger charge is -2.32. The van der Waals surface area contributed by atoms with Crippen molar-refractivity contribution in [2.45, 2.75) is 38.3 Å². The van der Waals surface area contributed by atoms with Crippen LogP contribution >= 0.6 is 22.6 Å². The van der Waals surface area contributed by atoms with Gasteiger partial charge in [-0.25, -0.2) is 0 Å². The maximum absolute atomic E-state index is 4.32. The van der Waals surface area contributed by atoms with Crippen molar-refractivity contribution < 1.29 is 0 Å². The zero-order valence-corrected chi connectivity index (χ0v) is 11.4. The van der Waals surface area contributed by atoms with Crippen LogP contribution in [0.3, 0.4) is 0 Å². The summed E-state index contributed by atoms with van der Waals surface area (Å²) < 4.78 is 3.29. The van der Waals surface area contributed by atoms with Crippen LogP contribution in [0, 0.1) is 3.57 Å². The Labute approximate surface area is 105 Å². The van der Waals surface area contributed by atoms with Gasteiger partial charge in [0.05, 0.1) is 9.77 Å². The predicted octanol–water partition coefficient (Wildman–Crippen LogP) is 2.36. The highest BCUT2D eigenvalue weighted by atomic mass is 127. The Hall–Kier alpha value is -0.100. The molecule has 0 spiro atoms. The molecule has 84 valence electrons. The minimum absolute atomic E-state index is 0.764. The van der Waals surface area contributed by atoms with Crippen molar-refractivity contribution >= 4 is 22.6 Å². The summed E-state index contributed by atoms with van der Waals surface area (Å²) in [4.78, 5) is 2.50. The van der Waals surface area contributed by atoms with Gasteiger partial charge < -0.3 is 4.90 Å². The average molecular weight is 319 g/mol. The van der Waals surface area contributed by atoms with Crippen LogP contribution in [0.25, 0.3) is 0 Å². The maximum atomic E-state index is 4.32. The molecule has 2 rings (SSSR count). The number of nitrogens with zero attached hydrogens (tertiary/aromatic N) is 3. The molecule has 1 atom stereocenters. The molecule has 2 heterocycles. The van der Waals surface area contributed by atoms with E-state index in [-0.39, 0.29) is 0 Å². The Balaban J connectivity index is 1.81. The van der Waals surface area contributed by atoms with Crippen LogP contribution in [0.15, 0.2) is 12.4 Å². The van der Waals surface area contributed by atoms with E-state index in [0.717, 1.165) is 12.6 Å². The molecular formula is C11H18IN3. The Bertz CT molecular complexity index is 311. The second kappa shape index (κ2) is 5.30. The van der Waals surface area contributed by atoms with Gasteiger partial charge in [-0.05, 0) is 55.4 Å². The molecule has 0 aliphatic carbocycles. The highest BCUT2D eigenvalue weighted by molar-refractivity contribution is 14.1. The van der Waals surface area contributed by atoms with E-state index in [2.05, 4.69) is 50.5 Å². The summed E-state index contributed by atoms with van der Waals surface area (Å²) in [6, 6.07) is 0.764. The van der Waals surface area contributed by atoms with Gasteiger partial charge in [-0.1, -0.05) is 6.42 Å². The molecule has 1 saturated heterocycles. The number of halogens is 1. The monoisotopic (exact) mass is 319 g/mol. The van der Waals surface area contributed by atoms with E-state index in [1.807, 2.05) is 6.20 Å². The molecule has 0 amide bonds. The number of aromatic nitrogens is 2.